The van der Waals surface area contributed by atoms with Gasteiger partial charge in [-0.3, -0.25) is 0 Å². The summed E-state index contributed by atoms with van der Waals surface area (Å²) in [5, 5.41) is 0. The minimum Gasteiger partial charge on any atom is -0.227 e. The normalized spacial score (nSPS) is 11.3. The molecule has 5 rings (SSSR count). The van der Waals surface area contributed by atoms with E-state index in [1.807, 2.05) is 0 Å². The number of imidazole rings is 1. The van der Waals surface area contributed by atoms with E-state index in [0.717, 1.165) is 4.96 Å². The van der Waals surface area contributed by atoms with E-state index in [1.54, 1.807) is 11.3 Å². The minimum atomic E-state index is 1.16. The standard InChI is InChI=1S/C21H14N2S/c1-3-9-15(10-4-1)19-20(16-11-5-2-6-12-16)24-21-22-17-13-7-8-14-18(17)23(19)21/h1-14H/p+1. The average molecular weight is 327 g/mol. The fourth-order valence-corrected chi connectivity index (χ4v) is 4.43. The van der Waals surface area contributed by atoms with Gasteiger partial charge >= 0.3 is 4.96 Å². The number of para-hydroxylation sites is 2. The molecule has 2 nitrogen and oxygen atoms in total. The molecule has 0 atom stereocenters. The second-order valence-corrected chi connectivity index (χ2v) is 6.79. The molecule has 114 valence electrons. The summed E-state index contributed by atoms with van der Waals surface area (Å²) in [5.74, 6) is 0. The Hall–Kier alpha value is -2.91. The molecule has 24 heavy (non-hydrogen) atoms. The highest BCUT2D eigenvalue weighted by atomic mass is 32.1. The summed E-state index contributed by atoms with van der Waals surface area (Å²) in [4.78, 5) is 6.01. The number of benzene rings is 3. The summed E-state index contributed by atoms with van der Waals surface area (Å²) in [5.41, 5.74) is 6.12. The van der Waals surface area contributed by atoms with Crippen LogP contribution in [0.3, 0.4) is 0 Å². The van der Waals surface area contributed by atoms with Crippen molar-refractivity contribution >= 4 is 27.3 Å². The minimum absolute atomic E-state index is 1.16. The topological polar surface area (TPSA) is 19.9 Å². The summed E-state index contributed by atoms with van der Waals surface area (Å²) in [6.45, 7) is 0. The second kappa shape index (κ2) is 5.32. The molecule has 0 aliphatic carbocycles. The fourth-order valence-electron chi connectivity index (χ4n) is 3.24. The van der Waals surface area contributed by atoms with Crippen LogP contribution in [0.1, 0.15) is 0 Å². The molecule has 2 heterocycles. The molecule has 0 spiro atoms. The quantitative estimate of drug-likeness (QED) is 0.424. The Balaban J connectivity index is 1.93. The second-order valence-electron chi connectivity index (χ2n) is 5.79. The monoisotopic (exact) mass is 327 g/mol. The lowest BCUT2D eigenvalue weighted by Crippen LogP contribution is -2.19. The molecule has 3 heteroatoms. The van der Waals surface area contributed by atoms with Gasteiger partial charge < -0.3 is 0 Å². The maximum Gasteiger partial charge on any atom is 0.345 e. The Morgan fingerprint density at radius 1 is 0.667 bits per heavy atom. The van der Waals surface area contributed by atoms with E-state index in [1.165, 1.54) is 32.7 Å². The third-order valence-corrected chi connectivity index (χ3v) is 5.42. The molecule has 0 radical (unpaired) electrons. The zero-order valence-corrected chi connectivity index (χ0v) is 13.8. The maximum absolute atomic E-state index is 3.56. The van der Waals surface area contributed by atoms with Gasteiger partial charge in [0.1, 0.15) is 0 Å². The lowest BCUT2D eigenvalue weighted by Gasteiger charge is -2.02. The molecule has 0 unspecified atom stereocenters. The highest BCUT2D eigenvalue weighted by Crippen LogP contribution is 2.36. The van der Waals surface area contributed by atoms with Crippen molar-refractivity contribution in [1.82, 2.24) is 4.98 Å². The average Bonchev–Trinajstić information content (AvgIpc) is 3.19. The van der Waals surface area contributed by atoms with Crippen LogP contribution in [0.15, 0.2) is 84.9 Å². The van der Waals surface area contributed by atoms with Crippen LogP contribution in [0.25, 0.3) is 37.7 Å². The maximum atomic E-state index is 3.56. The number of aromatic amines is 1. The molecule has 2 aromatic heterocycles. The Morgan fingerprint density at radius 3 is 2.04 bits per heavy atom. The molecule has 5 aromatic rings. The molecule has 3 aromatic carbocycles. The molecule has 0 aliphatic rings. The van der Waals surface area contributed by atoms with E-state index >= 15 is 0 Å². The smallest absolute Gasteiger partial charge is 0.227 e. The first kappa shape index (κ1) is 13.5. The van der Waals surface area contributed by atoms with Gasteiger partial charge in [-0.1, -0.05) is 72.8 Å². The van der Waals surface area contributed by atoms with Crippen LogP contribution < -0.4 is 4.40 Å². The number of nitrogens with zero attached hydrogens (tertiary/aromatic N) is 1. The molecule has 0 aliphatic heterocycles. The highest BCUT2D eigenvalue weighted by molar-refractivity contribution is 7.20. The molecular weight excluding hydrogens is 312 g/mol. The summed E-state index contributed by atoms with van der Waals surface area (Å²) in [6.07, 6.45) is 0. The lowest BCUT2D eigenvalue weighted by molar-refractivity contribution is -0.463. The molecule has 0 fully saturated rings. The molecule has 0 saturated heterocycles. The number of rotatable bonds is 2. The van der Waals surface area contributed by atoms with Gasteiger partial charge in [0, 0.05) is 5.56 Å². The van der Waals surface area contributed by atoms with Gasteiger partial charge in [0.25, 0.3) is 0 Å². The van der Waals surface area contributed by atoms with Crippen molar-refractivity contribution < 1.29 is 4.40 Å². The Kier molecular flexibility index (Phi) is 3.00. The Bertz CT molecular complexity index is 1140. The van der Waals surface area contributed by atoms with Crippen LogP contribution in [-0.2, 0) is 0 Å². The van der Waals surface area contributed by atoms with Gasteiger partial charge in [-0.25, -0.2) is 4.98 Å². The van der Waals surface area contributed by atoms with E-state index < -0.39 is 0 Å². The SMILES string of the molecule is c1ccc(-c2sc3[nH]c4ccccc4[n+]3c2-c2ccccc2)cc1. The number of hydrogen-bond donors (Lipinski definition) is 1. The van der Waals surface area contributed by atoms with Crippen molar-refractivity contribution in [2.75, 3.05) is 0 Å². The van der Waals surface area contributed by atoms with E-state index in [9.17, 15) is 0 Å². The number of thiazole rings is 1. The lowest BCUT2D eigenvalue weighted by atomic mass is 10.1. The Morgan fingerprint density at radius 2 is 1.29 bits per heavy atom. The fraction of sp³-hybridized carbons (Fsp3) is 0. The number of nitrogens with one attached hydrogen (secondary N) is 1. The van der Waals surface area contributed by atoms with Crippen LogP contribution in [0, 0.1) is 0 Å². The van der Waals surface area contributed by atoms with Crippen LogP contribution in [0.2, 0.25) is 0 Å². The predicted molar refractivity (Wildman–Crippen MR) is 100 cm³/mol. The van der Waals surface area contributed by atoms with Crippen LogP contribution in [-0.4, -0.2) is 4.98 Å². The largest absolute Gasteiger partial charge is 0.345 e. The first-order valence-electron chi connectivity index (χ1n) is 7.98. The van der Waals surface area contributed by atoms with Crippen molar-refractivity contribution in [1.29, 1.82) is 0 Å². The third kappa shape index (κ3) is 1.99. The number of H-pyrrole nitrogens is 1. The van der Waals surface area contributed by atoms with Crippen molar-refractivity contribution in [3.05, 3.63) is 84.9 Å². The van der Waals surface area contributed by atoms with Gasteiger partial charge in [-0.05, 0) is 29.0 Å². The van der Waals surface area contributed by atoms with Crippen molar-refractivity contribution in [3.8, 4) is 21.7 Å². The summed E-state index contributed by atoms with van der Waals surface area (Å²) < 4.78 is 2.34. The highest BCUT2D eigenvalue weighted by Gasteiger charge is 2.25. The molecule has 0 amide bonds. The van der Waals surface area contributed by atoms with Crippen molar-refractivity contribution in [3.63, 3.8) is 0 Å². The van der Waals surface area contributed by atoms with Crippen molar-refractivity contribution in [2.45, 2.75) is 0 Å². The van der Waals surface area contributed by atoms with E-state index in [-0.39, 0.29) is 0 Å². The summed E-state index contributed by atoms with van der Waals surface area (Å²) >= 11 is 1.80. The van der Waals surface area contributed by atoms with Crippen LogP contribution in [0.4, 0.5) is 0 Å². The van der Waals surface area contributed by atoms with Gasteiger partial charge in [0.05, 0.1) is 4.88 Å². The van der Waals surface area contributed by atoms with Gasteiger partial charge in [0.15, 0.2) is 16.7 Å². The Labute approximate surface area is 143 Å². The number of hydrogen-bond acceptors (Lipinski definition) is 1. The first-order valence-corrected chi connectivity index (χ1v) is 8.79. The third-order valence-electron chi connectivity index (χ3n) is 4.31. The number of fused-ring (bicyclic) bond motifs is 3. The molecule has 0 bridgehead atoms. The van der Waals surface area contributed by atoms with Crippen molar-refractivity contribution in [2.24, 2.45) is 0 Å². The predicted octanol–water partition coefficient (Wildman–Crippen LogP) is 5.30. The summed E-state index contributed by atoms with van der Waals surface area (Å²) in [6, 6.07) is 29.7. The zero-order chi connectivity index (χ0) is 15.9. The van der Waals surface area contributed by atoms with Gasteiger partial charge in [0.2, 0.25) is 0 Å². The summed E-state index contributed by atoms with van der Waals surface area (Å²) in [7, 11) is 0. The molecular formula is C21H15N2S+. The van der Waals surface area contributed by atoms with Gasteiger partial charge in [-0.15, -0.1) is 0 Å². The van der Waals surface area contributed by atoms with E-state index in [2.05, 4.69) is 94.3 Å². The zero-order valence-electron chi connectivity index (χ0n) is 12.9. The molecule has 0 saturated carbocycles. The van der Waals surface area contributed by atoms with E-state index in [4.69, 9.17) is 0 Å². The van der Waals surface area contributed by atoms with E-state index in [0.29, 0.717) is 0 Å². The first-order chi connectivity index (χ1) is 11.9. The van der Waals surface area contributed by atoms with Gasteiger partial charge in [-0.2, -0.15) is 4.40 Å². The van der Waals surface area contributed by atoms with Crippen LogP contribution in [0.5, 0.6) is 0 Å². The van der Waals surface area contributed by atoms with Crippen LogP contribution >= 0.6 is 11.3 Å². The number of aromatic nitrogens is 2. The molecule has 1 N–H and O–H groups in total.